The zero-order valence-corrected chi connectivity index (χ0v) is 13.7. The van der Waals surface area contributed by atoms with Crippen molar-refractivity contribution in [3.8, 4) is 23.1 Å². The van der Waals surface area contributed by atoms with Crippen LogP contribution in [-0.4, -0.2) is 22.9 Å². The first-order valence-electron chi connectivity index (χ1n) is 6.95. The zero-order chi connectivity index (χ0) is 16.5. The van der Waals surface area contributed by atoms with Gasteiger partial charge in [-0.15, -0.1) is 5.10 Å². The molecule has 1 aromatic carbocycles. The fourth-order valence-electron chi connectivity index (χ4n) is 2.20. The molecule has 24 heavy (non-hydrogen) atoms. The Hall–Kier alpha value is -2.81. The summed E-state index contributed by atoms with van der Waals surface area (Å²) in [6.45, 7) is 0.193. The Balaban J connectivity index is 1.42. The maximum Gasteiger partial charge on any atom is 0.322 e. The van der Waals surface area contributed by atoms with Crippen LogP contribution in [0.25, 0.3) is 11.7 Å². The van der Waals surface area contributed by atoms with Gasteiger partial charge in [0.1, 0.15) is 0 Å². The van der Waals surface area contributed by atoms with Crippen molar-refractivity contribution >= 4 is 27.9 Å². The summed E-state index contributed by atoms with van der Waals surface area (Å²) >= 11 is 3.19. The Morgan fingerprint density at radius 1 is 1.12 bits per heavy atom. The smallest absolute Gasteiger partial charge is 0.322 e. The number of carbonyl (C=O) groups is 1. The van der Waals surface area contributed by atoms with Gasteiger partial charge in [0.25, 0.3) is 5.89 Å². The zero-order valence-electron chi connectivity index (χ0n) is 12.1. The van der Waals surface area contributed by atoms with E-state index in [4.69, 9.17) is 18.3 Å². The van der Waals surface area contributed by atoms with Gasteiger partial charge in [-0.3, -0.25) is 10.1 Å². The molecule has 0 saturated heterocycles. The molecule has 1 aliphatic heterocycles. The highest BCUT2D eigenvalue weighted by atomic mass is 79.9. The predicted molar refractivity (Wildman–Crippen MR) is 84.6 cm³/mol. The van der Waals surface area contributed by atoms with Crippen LogP contribution in [-0.2, 0) is 11.2 Å². The lowest BCUT2D eigenvalue weighted by Crippen LogP contribution is -2.14. The van der Waals surface area contributed by atoms with E-state index in [0.29, 0.717) is 21.9 Å². The predicted octanol–water partition coefficient (Wildman–Crippen LogP) is 3.00. The van der Waals surface area contributed by atoms with E-state index >= 15 is 0 Å². The molecule has 3 heterocycles. The molecule has 9 heteroatoms. The number of aromatic nitrogens is 2. The molecule has 0 atom stereocenters. The minimum atomic E-state index is -0.287. The molecule has 0 bridgehead atoms. The van der Waals surface area contributed by atoms with Crippen LogP contribution < -0.4 is 14.8 Å². The Morgan fingerprint density at radius 3 is 2.83 bits per heavy atom. The molecule has 0 fully saturated rings. The van der Waals surface area contributed by atoms with Gasteiger partial charge in [0.2, 0.25) is 12.7 Å². The molecule has 1 aliphatic rings. The van der Waals surface area contributed by atoms with E-state index in [2.05, 4.69) is 31.4 Å². The number of hydrogen-bond acceptors (Lipinski definition) is 7. The molecule has 0 radical (unpaired) electrons. The van der Waals surface area contributed by atoms with Gasteiger partial charge in [-0.2, -0.15) is 0 Å². The number of carbonyl (C=O) groups excluding carboxylic acids is 1. The summed E-state index contributed by atoms with van der Waals surface area (Å²) in [7, 11) is 0. The van der Waals surface area contributed by atoms with Crippen LogP contribution in [0.15, 0.2) is 43.8 Å². The van der Waals surface area contributed by atoms with Gasteiger partial charge in [0, 0.05) is 0 Å². The van der Waals surface area contributed by atoms with E-state index in [1.54, 1.807) is 30.3 Å². The second kappa shape index (κ2) is 6.00. The van der Waals surface area contributed by atoms with Gasteiger partial charge < -0.3 is 18.3 Å². The minimum Gasteiger partial charge on any atom is -0.454 e. The summed E-state index contributed by atoms with van der Waals surface area (Å²) in [5.74, 6) is 1.60. The second-order valence-electron chi connectivity index (χ2n) is 4.93. The molecular weight excluding hydrogens is 382 g/mol. The molecule has 0 saturated carbocycles. The molecular formula is C15H10BrN3O5. The summed E-state index contributed by atoms with van der Waals surface area (Å²) in [6.07, 6.45) is 0.140. The van der Waals surface area contributed by atoms with E-state index in [1.807, 2.05) is 0 Å². The third-order valence-electron chi connectivity index (χ3n) is 3.26. The Morgan fingerprint density at radius 2 is 2.00 bits per heavy atom. The average Bonchev–Trinajstić information content (AvgIpc) is 3.27. The summed E-state index contributed by atoms with van der Waals surface area (Å²) in [4.78, 5) is 12.1. The van der Waals surface area contributed by atoms with Crippen molar-refractivity contribution < 1.29 is 23.1 Å². The number of nitrogens with one attached hydrogen (secondary N) is 1. The van der Waals surface area contributed by atoms with E-state index in [1.165, 1.54) is 0 Å². The molecule has 2 aromatic heterocycles. The Bertz CT molecular complexity index is 904. The second-order valence-corrected chi connectivity index (χ2v) is 5.71. The lowest BCUT2D eigenvalue weighted by Gasteiger charge is -2.02. The lowest BCUT2D eigenvalue weighted by atomic mass is 10.1. The molecule has 3 aromatic rings. The van der Waals surface area contributed by atoms with Crippen LogP contribution in [0.3, 0.4) is 0 Å². The van der Waals surface area contributed by atoms with Crippen molar-refractivity contribution in [1.29, 1.82) is 0 Å². The van der Waals surface area contributed by atoms with Crippen LogP contribution in [0, 0.1) is 0 Å². The van der Waals surface area contributed by atoms with Crippen molar-refractivity contribution in [3.63, 3.8) is 0 Å². The molecule has 4 rings (SSSR count). The highest BCUT2D eigenvalue weighted by Gasteiger charge is 2.17. The summed E-state index contributed by atoms with van der Waals surface area (Å²) in [5, 5.41) is 10.1. The van der Waals surface area contributed by atoms with Crippen LogP contribution >= 0.6 is 15.9 Å². The number of anilines is 1. The standard InChI is InChI=1S/C15H10BrN3O5/c16-12-4-3-10(23-12)14-18-19-15(24-14)17-13(20)6-8-1-2-9-11(5-8)22-7-21-9/h1-5H,6-7H2,(H,17,19,20). The number of hydrogen-bond donors (Lipinski definition) is 1. The fraction of sp³-hybridized carbons (Fsp3) is 0.133. The first-order valence-corrected chi connectivity index (χ1v) is 7.74. The molecule has 0 spiro atoms. The van der Waals surface area contributed by atoms with Gasteiger partial charge in [0.05, 0.1) is 6.42 Å². The molecule has 1 amide bonds. The Kier molecular flexibility index (Phi) is 3.69. The monoisotopic (exact) mass is 391 g/mol. The molecule has 1 N–H and O–H groups in total. The van der Waals surface area contributed by atoms with Gasteiger partial charge in [-0.25, -0.2) is 0 Å². The molecule has 0 aliphatic carbocycles. The van der Waals surface area contributed by atoms with E-state index < -0.39 is 0 Å². The average molecular weight is 392 g/mol. The molecule has 0 unspecified atom stereocenters. The van der Waals surface area contributed by atoms with Crippen molar-refractivity contribution in [2.45, 2.75) is 6.42 Å². The van der Waals surface area contributed by atoms with Gasteiger partial charge in [-0.1, -0.05) is 11.2 Å². The third-order valence-corrected chi connectivity index (χ3v) is 3.68. The van der Waals surface area contributed by atoms with Crippen LogP contribution in [0.1, 0.15) is 5.56 Å². The maximum absolute atomic E-state index is 12.1. The topological polar surface area (TPSA) is 99.6 Å². The van der Waals surface area contributed by atoms with Crippen molar-refractivity contribution in [1.82, 2.24) is 10.2 Å². The number of nitrogens with zero attached hydrogens (tertiary/aromatic N) is 2. The summed E-state index contributed by atoms with van der Waals surface area (Å²) < 4.78 is 21.7. The fourth-order valence-corrected chi connectivity index (χ4v) is 2.51. The van der Waals surface area contributed by atoms with Gasteiger partial charge in [0.15, 0.2) is 21.9 Å². The lowest BCUT2D eigenvalue weighted by molar-refractivity contribution is -0.115. The molecule has 122 valence electrons. The number of halogens is 1. The summed E-state index contributed by atoms with van der Waals surface area (Å²) in [6, 6.07) is 8.72. The number of rotatable bonds is 4. The number of fused-ring (bicyclic) bond motifs is 1. The van der Waals surface area contributed by atoms with E-state index in [-0.39, 0.29) is 31.0 Å². The first-order chi connectivity index (χ1) is 11.7. The van der Waals surface area contributed by atoms with Crippen molar-refractivity contribution in [3.05, 3.63) is 40.6 Å². The van der Waals surface area contributed by atoms with Crippen molar-refractivity contribution in [2.24, 2.45) is 0 Å². The number of ether oxygens (including phenoxy) is 2. The van der Waals surface area contributed by atoms with E-state index in [0.717, 1.165) is 5.56 Å². The Labute approximate surface area is 143 Å². The normalized spacial score (nSPS) is 12.4. The van der Waals surface area contributed by atoms with Crippen molar-refractivity contribution in [2.75, 3.05) is 12.1 Å². The summed E-state index contributed by atoms with van der Waals surface area (Å²) in [5.41, 5.74) is 0.784. The largest absolute Gasteiger partial charge is 0.454 e. The maximum atomic E-state index is 12.1. The van der Waals surface area contributed by atoms with Crippen LogP contribution in [0.2, 0.25) is 0 Å². The number of furan rings is 1. The first kappa shape index (κ1) is 14.8. The van der Waals surface area contributed by atoms with Crippen LogP contribution in [0.5, 0.6) is 11.5 Å². The van der Waals surface area contributed by atoms with Gasteiger partial charge >= 0.3 is 6.01 Å². The third kappa shape index (κ3) is 2.98. The molecule has 8 nitrogen and oxygen atoms in total. The van der Waals surface area contributed by atoms with Crippen LogP contribution in [0.4, 0.5) is 6.01 Å². The minimum absolute atomic E-state index is 0.00302. The SMILES string of the molecule is O=C(Cc1ccc2c(c1)OCO2)Nc1nnc(-c2ccc(Br)o2)o1. The highest BCUT2D eigenvalue weighted by Crippen LogP contribution is 2.32. The highest BCUT2D eigenvalue weighted by molar-refractivity contribution is 9.10. The van der Waals surface area contributed by atoms with E-state index in [9.17, 15) is 4.79 Å². The quantitative estimate of drug-likeness (QED) is 0.729. The number of amides is 1. The van der Waals surface area contributed by atoms with Gasteiger partial charge in [-0.05, 0) is 45.8 Å². The number of benzene rings is 1.